The highest BCUT2D eigenvalue weighted by atomic mass is 16.5. The first-order valence-corrected chi connectivity index (χ1v) is 9.00. The Kier molecular flexibility index (Phi) is 4.21. The Hall–Kier alpha value is -2.37. The highest BCUT2D eigenvalue weighted by molar-refractivity contribution is 5.62. The Bertz CT molecular complexity index is 933. The van der Waals surface area contributed by atoms with E-state index >= 15 is 0 Å². The lowest BCUT2D eigenvalue weighted by Gasteiger charge is -2.37. The zero-order valence-corrected chi connectivity index (χ0v) is 15.5. The first-order chi connectivity index (χ1) is 12.5. The average Bonchev–Trinajstić information content (AvgIpc) is 2.92. The maximum Gasteiger partial charge on any atom is 0.180 e. The second kappa shape index (κ2) is 6.41. The SMILES string of the molecule is Cc1nc2c3c(ccn2c1C)[C@H](OC(C)C)[C@@H](O)[C@@H](c1ccccc1)O3. The van der Waals surface area contributed by atoms with E-state index in [1.54, 1.807) is 0 Å². The highest BCUT2D eigenvalue weighted by Crippen LogP contribution is 2.45. The predicted octanol–water partition coefficient (Wildman–Crippen LogP) is 3.91. The molecule has 1 aliphatic rings. The number of aromatic nitrogens is 2. The van der Waals surface area contributed by atoms with E-state index in [1.807, 2.05) is 74.7 Å². The number of benzene rings is 1. The molecule has 1 aromatic carbocycles. The van der Waals surface area contributed by atoms with Crippen LogP contribution in [0.15, 0.2) is 42.6 Å². The lowest BCUT2D eigenvalue weighted by Crippen LogP contribution is -2.37. The summed E-state index contributed by atoms with van der Waals surface area (Å²) in [5, 5.41) is 11.0. The van der Waals surface area contributed by atoms with Crippen LogP contribution in [0.3, 0.4) is 0 Å². The molecule has 5 heteroatoms. The van der Waals surface area contributed by atoms with E-state index in [1.165, 1.54) is 0 Å². The summed E-state index contributed by atoms with van der Waals surface area (Å²) in [6, 6.07) is 11.7. The first-order valence-electron chi connectivity index (χ1n) is 9.00. The number of pyridine rings is 1. The third kappa shape index (κ3) is 2.68. The summed E-state index contributed by atoms with van der Waals surface area (Å²) in [5.41, 5.74) is 4.57. The van der Waals surface area contributed by atoms with Gasteiger partial charge >= 0.3 is 0 Å². The van der Waals surface area contributed by atoms with Crippen LogP contribution in [0.4, 0.5) is 0 Å². The molecule has 0 spiro atoms. The summed E-state index contributed by atoms with van der Waals surface area (Å²) in [6.45, 7) is 7.98. The van der Waals surface area contributed by atoms with Crippen molar-refractivity contribution in [3.05, 3.63) is 65.1 Å². The molecule has 0 saturated carbocycles. The Labute approximate surface area is 153 Å². The van der Waals surface area contributed by atoms with Crippen LogP contribution in [-0.2, 0) is 4.74 Å². The van der Waals surface area contributed by atoms with Crippen LogP contribution in [0, 0.1) is 13.8 Å². The van der Waals surface area contributed by atoms with Gasteiger partial charge in [-0.1, -0.05) is 30.3 Å². The largest absolute Gasteiger partial charge is 0.479 e. The van der Waals surface area contributed by atoms with Crippen LogP contribution >= 0.6 is 0 Å². The second-order valence-corrected chi connectivity index (χ2v) is 7.12. The Morgan fingerprint density at radius 2 is 1.88 bits per heavy atom. The molecular weight excluding hydrogens is 328 g/mol. The lowest BCUT2D eigenvalue weighted by molar-refractivity contribution is -0.119. The molecule has 3 aromatic rings. The molecule has 0 fully saturated rings. The van der Waals surface area contributed by atoms with E-state index in [0.717, 1.165) is 28.2 Å². The number of nitrogens with zero attached hydrogens (tertiary/aromatic N) is 2. The molecule has 5 nitrogen and oxygen atoms in total. The standard InChI is InChI=1S/C21H24N2O3/c1-12(2)25-19-16-10-11-23-14(4)13(3)22-21(23)20(16)26-18(17(19)24)15-8-6-5-7-9-15/h5-12,17-19,24H,1-4H3/t17-,18+,19-/m0/s1. The maximum absolute atomic E-state index is 11.0. The Morgan fingerprint density at radius 1 is 1.15 bits per heavy atom. The topological polar surface area (TPSA) is 56.0 Å². The van der Waals surface area contributed by atoms with Crippen molar-refractivity contribution in [1.29, 1.82) is 0 Å². The fourth-order valence-electron chi connectivity index (χ4n) is 3.57. The summed E-state index contributed by atoms with van der Waals surface area (Å²) in [6.07, 6.45) is 0.185. The third-order valence-electron chi connectivity index (χ3n) is 4.97. The molecule has 0 aliphatic carbocycles. The molecule has 3 heterocycles. The van der Waals surface area contributed by atoms with Crippen LogP contribution in [0.5, 0.6) is 5.75 Å². The van der Waals surface area contributed by atoms with E-state index in [4.69, 9.17) is 14.5 Å². The summed E-state index contributed by atoms with van der Waals surface area (Å²) in [7, 11) is 0. The van der Waals surface area contributed by atoms with Gasteiger partial charge in [0.25, 0.3) is 0 Å². The lowest BCUT2D eigenvalue weighted by atomic mass is 9.92. The minimum Gasteiger partial charge on any atom is -0.479 e. The third-order valence-corrected chi connectivity index (χ3v) is 4.97. The van der Waals surface area contributed by atoms with Crippen molar-refractivity contribution in [2.75, 3.05) is 0 Å². The normalized spacial score (nSPS) is 22.5. The molecule has 0 unspecified atom stereocenters. The van der Waals surface area contributed by atoms with Crippen molar-refractivity contribution >= 4 is 5.65 Å². The molecule has 4 rings (SSSR count). The molecule has 0 amide bonds. The van der Waals surface area contributed by atoms with E-state index in [-0.39, 0.29) is 6.10 Å². The van der Waals surface area contributed by atoms with E-state index in [0.29, 0.717) is 5.75 Å². The molecule has 0 saturated heterocycles. The smallest absolute Gasteiger partial charge is 0.180 e. The minimum absolute atomic E-state index is 0.0172. The number of fused-ring (bicyclic) bond motifs is 3. The van der Waals surface area contributed by atoms with Gasteiger partial charge in [-0.05, 0) is 39.3 Å². The van der Waals surface area contributed by atoms with Gasteiger partial charge in [-0.2, -0.15) is 0 Å². The number of ether oxygens (including phenoxy) is 2. The van der Waals surface area contributed by atoms with Crippen molar-refractivity contribution in [1.82, 2.24) is 9.38 Å². The van der Waals surface area contributed by atoms with Crippen LogP contribution in [0.1, 0.15) is 48.6 Å². The molecule has 1 aliphatic heterocycles. The maximum atomic E-state index is 11.0. The Morgan fingerprint density at radius 3 is 2.58 bits per heavy atom. The monoisotopic (exact) mass is 352 g/mol. The zero-order valence-electron chi connectivity index (χ0n) is 15.5. The van der Waals surface area contributed by atoms with Gasteiger partial charge in [-0.25, -0.2) is 4.98 Å². The highest BCUT2D eigenvalue weighted by Gasteiger charge is 2.40. The molecule has 136 valence electrons. The van der Waals surface area contributed by atoms with Gasteiger partial charge in [0.2, 0.25) is 0 Å². The van der Waals surface area contributed by atoms with Crippen LogP contribution in [0.25, 0.3) is 5.65 Å². The molecule has 26 heavy (non-hydrogen) atoms. The van der Waals surface area contributed by atoms with Crippen LogP contribution in [0.2, 0.25) is 0 Å². The summed E-state index contributed by atoms with van der Waals surface area (Å²) >= 11 is 0. The van der Waals surface area contributed by atoms with Gasteiger partial charge in [0, 0.05) is 17.5 Å². The van der Waals surface area contributed by atoms with E-state index in [9.17, 15) is 5.11 Å². The van der Waals surface area contributed by atoms with Gasteiger partial charge in [-0.15, -0.1) is 0 Å². The summed E-state index contributed by atoms with van der Waals surface area (Å²) in [5.74, 6) is 0.688. The quantitative estimate of drug-likeness (QED) is 0.776. The predicted molar refractivity (Wildman–Crippen MR) is 99.4 cm³/mol. The number of imidazole rings is 1. The second-order valence-electron chi connectivity index (χ2n) is 7.12. The van der Waals surface area contributed by atoms with Gasteiger partial charge in [0.1, 0.15) is 12.2 Å². The van der Waals surface area contributed by atoms with Gasteiger partial charge < -0.3 is 19.0 Å². The van der Waals surface area contributed by atoms with Crippen molar-refractivity contribution in [3.63, 3.8) is 0 Å². The van der Waals surface area contributed by atoms with Crippen molar-refractivity contribution in [2.45, 2.75) is 52.1 Å². The minimum atomic E-state index is -0.799. The number of aliphatic hydroxyl groups is 1. The fraction of sp³-hybridized carbons (Fsp3) is 0.381. The average molecular weight is 352 g/mol. The summed E-state index contributed by atoms with van der Waals surface area (Å²) in [4.78, 5) is 4.69. The first kappa shape index (κ1) is 17.1. The molecule has 3 atom stereocenters. The van der Waals surface area contributed by atoms with E-state index < -0.39 is 18.3 Å². The number of hydrogen-bond acceptors (Lipinski definition) is 4. The molecule has 0 radical (unpaired) electrons. The number of hydrogen-bond donors (Lipinski definition) is 1. The van der Waals surface area contributed by atoms with Crippen molar-refractivity contribution < 1.29 is 14.6 Å². The molecule has 1 N–H and O–H groups in total. The van der Waals surface area contributed by atoms with Crippen molar-refractivity contribution in [2.24, 2.45) is 0 Å². The van der Waals surface area contributed by atoms with Crippen LogP contribution in [-0.4, -0.2) is 26.7 Å². The zero-order chi connectivity index (χ0) is 18.4. The van der Waals surface area contributed by atoms with Gasteiger partial charge in [0.15, 0.2) is 17.5 Å². The molecule has 0 bridgehead atoms. The van der Waals surface area contributed by atoms with Gasteiger partial charge in [-0.3, -0.25) is 0 Å². The Balaban J connectivity index is 1.90. The fourth-order valence-corrected chi connectivity index (χ4v) is 3.57. The number of rotatable bonds is 3. The number of aryl methyl sites for hydroxylation is 2. The molecular formula is C21H24N2O3. The summed E-state index contributed by atoms with van der Waals surface area (Å²) < 4.78 is 14.4. The van der Waals surface area contributed by atoms with Crippen LogP contribution < -0.4 is 4.74 Å². The van der Waals surface area contributed by atoms with E-state index in [2.05, 4.69) is 0 Å². The molecule has 2 aromatic heterocycles. The van der Waals surface area contributed by atoms with Gasteiger partial charge in [0.05, 0.1) is 11.8 Å². The number of aliphatic hydroxyl groups excluding tert-OH is 1. The van der Waals surface area contributed by atoms with Crippen molar-refractivity contribution in [3.8, 4) is 5.75 Å².